The summed E-state index contributed by atoms with van der Waals surface area (Å²) in [6.07, 6.45) is 3.34. The smallest absolute Gasteiger partial charge is 0.170 e. The summed E-state index contributed by atoms with van der Waals surface area (Å²) >= 11 is 1.21. The van der Waals surface area contributed by atoms with Gasteiger partial charge in [0.2, 0.25) is 0 Å². The lowest BCUT2D eigenvalue weighted by Crippen LogP contribution is -1.71. The molecule has 1 aliphatic rings. The molecular weight excluding hydrogens is 150 g/mol. The Morgan fingerprint density at radius 3 is 3.40 bits per heavy atom. The molecular formula is C4H3N5S. The van der Waals surface area contributed by atoms with E-state index in [1.54, 1.807) is 12.3 Å². The van der Waals surface area contributed by atoms with Gasteiger partial charge in [-0.2, -0.15) is 15.4 Å². The highest BCUT2D eigenvalue weighted by Gasteiger charge is 2.05. The van der Waals surface area contributed by atoms with Crippen LogP contribution in [0.1, 0.15) is 5.69 Å². The molecule has 0 aliphatic carbocycles. The second-order valence-electron chi connectivity index (χ2n) is 1.62. The minimum atomic E-state index is 0.762. The molecule has 0 fully saturated rings. The topological polar surface area (TPSA) is 66.3 Å². The van der Waals surface area contributed by atoms with E-state index in [0.717, 1.165) is 10.7 Å². The summed E-state index contributed by atoms with van der Waals surface area (Å²) in [7, 11) is 0. The average molecular weight is 153 g/mol. The summed E-state index contributed by atoms with van der Waals surface area (Å²) < 4.78 is 3.72. The van der Waals surface area contributed by atoms with Crippen LogP contribution in [0.5, 0.6) is 0 Å². The highest BCUT2D eigenvalue weighted by Crippen LogP contribution is 2.22. The summed E-state index contributed by atoms with van der Waals surface area (Å²) in [6.45, 7) is 0. The summed E-state index contributed by atoms with van der Waals surface area (Å²) in [6, 6.07) is 0. The molecule has 0 amide bonds. The van der Waals surface area contributed by atoms with Crippen LogP contribution in [0.4, 0.5) is 0 Å². The molecule has 0 spiro atoms. The lowest BCUT2D eigenvalue weighted by molar-refractivity contribution is 0.910. The molecule has 50 valence electrons. The zero-order valence-corrected chi connectivity index (χ0v) is 5.67. The number of nitrogens with one attached hydrogen (secondary N) is 1. The maximum Gasteiger partial charge on any atom is 0.170 e. The van der Waals surface area contributed by atoms with Gasteiger partial charge in [-0.15, -0.1) is 9.62 Å². The van der Waals surface area contributed by atoms with Gasteiger partial charge in [-0.25, -0.2) is 0 Å². The van der Waals surface area contributed by atoms with Gasteiger partial charge in [-0.05, 0) is 6.08 Å². The molecule has 2 heterocycles. The van der Waals surface area contributed by atoms with Gasteiger partial charge in [0.15, 0.2) is 5.03 Å². The van der Waals surface area contributed by atoms with E-state index in [2.05, 4.69) is 25.0 Å². The van der Waals surface area contributed by atoms with Crippen molar-refractivity contribution in [3.05, 3.63) is 11.9 Å². The van der Waals surface area contributed by atoms with Gasteiger partial charge in [-0.3, -0.25) is 0 Å². The first-order valence-corrected chi connectivity index (χ1v) is 3.38. The summed E-state index contributed by atoms with van der Waals surface area (Å²) in [5, 5.41) is 14.6. The van der Waals surface area contributed by atoms with Crippen LogP contribution in [0.15, 0.2) is 20.9 Å². The van der Waals surface area contributed by atoms with E-state index in [0.29, 0.717) is 0 Å². The van der Waals surface area contributed by atoms with Crippen LogP contribution in [0, 0.1) is 0 Å². The molecule has 0 unspecified atom stereocenters. The molecule has 6 heteroatoms. The largest absolute Gasteiger partial charge is 0.196 e. The summed E-state index contributed by atoms with van der Waals surface area (Å²) in [4.78, 5) is 0. The molecule has 1 aliphatic heterocycles. The van der Waals surface area contributed by atoms with Gasteiger partial charge in [0, 0.05) is 0 Å². The fourth-order valence-electron chi connectivity index (χ4n) is 0.599. The van der Waals surface area contributed by atoms with Gasteiger partial charge >= 0.3 is 0 Å². The van der Waals surface area contributed by atoms with Gasteiger partial charge in [0.25, 0.3) is 0 Å². The van der Waals surface area contributed by atoms with Crippen LogP contribution in [-0.2, 0) is 0 Å². The molecule has 1 aromatic heterocycles. The first-order valence-electron chi connectivity index (χ1n) is 2.61. The Kier molecular flexibility index (Phi) is 1.24. The Hall–Kier alpha value is -1.17. The number of hydrogen-bond donors (Lipinski definition) is 1. The third-order valence-corrected chi connectivity index (χ3v) is 1.66. The molecule has 1 aromatic rings. The first-order chi connectivity index (χ1) is 4.97. The maximum atomic E-state index is 3.85. The minimum absolute atomic E-state index is 0.762. The number of fused-ring (bicyclic) bond motifs is 1. The van der Waals surface area contributed by atoms with Crippen molar-refractivity contribution in [1.29, 1.82) is 0 Å². The fourth-order valence-corrected chi connectivity index (χ4v) is 1.07. The van der Waals surface area contributed by atoms with Crippen LogP contribution < -0.4 is 0 Å². The van der Waals surface area contributed by atoms with E-state index < -0.39 is 0 Å². The quantitative estimate of drug-likeness (QED) is 0.570. The van der Waals surface area contributed by atoms with E-state index in [-0.39, 0.29) is 0 Å². The van der Waals surface area contributed by atoms with Crippen molar-refractivity contribution in [1.82, 2.24) is 15.4 Å². The van der Waals surface area contributed by atoms with Crippen molar-refractivity contribution < 1.29 is 0 Å². The Morgan fingerprint density at radius 2 is 2.40 bits per heavy atom. The molecule has 1 N–H and O–H groups in total. The van der Waals surface area contributed by atoms with E-state index in [9.17, 15) is 0 Å². The Balaban J connectivity index is 2.50. The van der Waals surface area contributed by atoms with Crippen molar-refractivity contribution in [3.8, 4) is 0 Å². The molecule has 2 rings (SSSR count). The number of nitrogens with zero attached hydrogens (tertiary/aromatic N) is 4. The Labute approximate surface area is 60.8 Å². The summed E-state index contributed by atoms with van der Waals surface area (Å²) in [5.74, 6) is 0. The molecule has 5 nitrogen and oxygen atoms in total. The standard InChI is InChI=1S/C4H3N5S/c1-2-5-9-10-4-3(1)6-8-7-4/h1-2H,(H,6,7,8). The number of H-pyrrole nitrogens is 1. The molecule has 0 saturated carbocycles. The Bertz CT molecular complexity index is 288. The number of rotatable bonds is 0. The zero-order chi connectivity index (χ0) is 6.81. The van der Waals surface area contributed by atoms with Crippen LogP contribution in [0.25, 0.3) is 6.08 Å². The molecule has 0 aromatic carbocycles. The van der Waals surface area contributed by atoms with Gasteiger partial charge < -0.3 is 0 Å². The van der Waals surface area contributed by atoms with Crippen LogP contribution in [-0.4, -0.2) is 15.4 Å². The van der Waals surface area contributed by atoms with Crippen LogP contribution >= 0.6 is 11.9 Å². The van der Waals surface area contributed by atoms with Gasteiger partial charge in [0.1, 0.15) is 5.69 Å². The molecule has 0 radical (unpaired) electrons. The molecule has 10 heavy (non-hydrogen) atoms. The van der Waals surface area contributed by atoms with Crippen molar-refractivity contribution in [3.63, 3.8) is 0 Å². The lowest BCUT2D eigenvalue weighted by Gasteiger charge is -1.80. The molecule has 0 saturated heterocycles. The predicted octanol–water partition coefficient (Wildman–Crippen LogP) is 1.25. The highest BCUT2D eigenvalue weighted by molar-refractivity contribution is 7.97. The second-order valence-corrected chi connectivity index (χ2v) is 2.35. The maximum absolute atomic E-state index is 3.85. The fraction of sp³-hybridized carbons (Fsp3) is 0. The average Bonchev–Trinajstić information content (AvgIpc) is 2.28. The van der Waals surface area contributed by atoms with Crippen molar-refractivity contribution in [2.75, 3.05) is 0 Å². The number of hydrogen-bond acceptors (Lipinski definition) is 5. The molecule has 0 bridgehead atoms. The monoisotopic (exact) mass is 153 g/mol. The van der Waals surface area contributed by atoms with E-state index in [1.807, 2.05) is 0 Å². The van der Waals surface area contributed by atoms with Gasteiger partial charge in [0.05, 0.1) is 18.1 Å². The SMILES string of the molecule is C1=Cc2n[nH]nc2SN=N1. The van der Waals surface area contributed by atoms with E-state index in [4.69, 9.17) is 0 Å². The van der Waals surface area contributed by atoms with E-state index in [1.165, 1.54) is 11.9 Å². The van der Waals surface area contributed by atoms with E-state index >= 15 is 0 Å². The summed E-state index contributed by atoms with van der Waals surface area (Å²) in [5.41, 5.74) is 0.787. The third-order valence-electron chi connectivity index (χ3n) is 1.01. The van der Waals surface area contributed by atoms with Crippen molar-refractivity contribution >= 4 is 18.0 Å². The minimum Gasteiger partial charge on any atom is -0.196 e. The molecule has 0 atom stereocenters. The van der Waals surface area contributed by atoms with Crippen LogP contribution in [0.2, 0.25) is 0 Å². The highest BCUT2D eigenvalue weighted by atomic mass is 32.2. The van der Waals surface area contributed by atoms with Crippen molar-refractivity contribution in [2.45, 2.75) is 5.03 Å². The van der Waals surface area contributed by atoms with Gasteiger partial charge in [-0.1, -0.05) is 0 Å². The third kappa shape index (κ3) is 0.820. The zero-order valence-electron chi connectivity index (χ0n) is 4.85. The predicted molar refractivity (Wildman–Crippen MR) is 36.1 cm³/mol. The number of aromatic amines is 1. The van der Waals surface area contributed by atoms with Crippen molar-refractivity contribution in [2.24, 2.45) is 9.63 Å². The second kappa shape index (κ2) is 2.22. The number of aromatic nitrogens is 3. The first kappa shape index (κ1) is 5.60. The normalized spacial score (nSPS) is 14.8. The Morgan fingerprint density at radius 1 is 1.40 bits per heavy atom. The van der Waals surface area contributed by atoms with Crippen LogP contribution in [0.3, 0.4) is 0 Å². The lowest BCUT2D eigenvalue weighted by atomic mass is 10.5.